The molecule has 114 valence electrons. The molecule has 5 nitrogen and oxygen atoms in total. The number of anilines is 1. The van der Waals surface area contributed by atoms with Crippen molar-refractivity contribution in [2.45, 2.75) is 0 Å². The lowest BCUT2D eigenvalue weighted by atomic mass is 10.1. The molecule has 0 radical (unpaired) electrons. The van der Waals surface area contributed by atoms with E-state index in [-0.39, 0.29) is 0 Å². The van der Waals surface area contributed by atoms with Gasteiger partial charge in [-0.15, -0.1) is 16.4 Å². The molecule has 4 aromatic rings. The van der Waals surface area contributed by atoms with Crippen molar-refractivity contribution in [2.24, 2.45) is 0 Å². The van der Waals surface area contributed by atoms with Crippen LogP contribution in [0.15, 0.2) is 53.9 Å². The Hall–Kier alpha value is -2.86. The molecule has 0 aliphatic rings. The van der Waals surface area contributed by atoms with E-state index >= 15 is 0 Å². The van der Waals surface area contributed by atoms with Gasteiger partial charge in [0.25, 0.3) is 0 Å². The highest BCUT2D eigenvalue weighted by Crippen LogP contribution is 2.30. The molecule has 0 aliphatic carbocycles. The van der Waals surface area contributed by atoms with E-state index in [1.807, 2.05) is 53.9 Å². The van der Waals surface area contributed by atoms with Gasteiger partial charge in [-0.2, -0.15) is 4.52 Å². The maximum Gasteiger partial charge on any atom is 0.192 e. The van der Waals surface area contributed by atoms with Crippen LogP contribution in [-0.2, 0) is 0 Å². The molecule has 0 bridgehead atoms. The van der Waals surface area contributed by atoms with Gasteiger partial charge in [0.2, 0.25) is 0 Å². The number of aromatic nitrogens is 3. The van der Waals surface area contributed by atoms with E-state index in [2.05, 4.69) is 10.1 Å². The van der Waals surface area contributed by atoms with Crippen LogP contribution in [0.25, 0.3) is 27.5 Å². The molecular formula is C17H14N4OS. The van der Waals surface area contributed by atoms with E-state index in [9.17, 15) is 0 Å². The molecule has 2 N–H and O–H groups in total. The lowest BCUT2D eigenvalue weighted by molar-refractivity contribution is 0.417. The fraction of sp³-hybridized carbons (Fsp3) is 0.0588. The summed E-state index contributed by atoms with van der Waals surface area (Å²) in [6.45, 7) is 0. The van der Waals surface area contributed by atoms with Crippen molar-refractivity contribution in [3.05, 3.63) is 53.9 Å². The van der Waals surface area contributed by atoms with Gasteiger partial charge in [0.05, 0.1) is 12.0 Å². The third kappa shape index (κ3) is 2.43. The van der Waals surface area contributed by atoms with Crippen molar-refractivity contribution in [1.82, 2.24) is 14.6 Å². The number of ether oxygens (including phenoxy) is 1. The van der Waals surface area contributed by atoms with Crippen LogP contribution in [0.4, 0.5) is 5.82 Å². The molecule has 0 spiro atoms. The quantitative estimate of drug-likeness (QED) is 0.624. The van der Waals surface area contributed by atoms with Crippen molar-refractivity contribution in [3.8, 4) is 27.6 Å². The first-order chi connectivity index (χ1) is 11.2. The topological polar surface area (TPSA) is 65.4 Å². The van der Waals surface area contributed by atoms with Crippen LogP contribution in [-0.4, -0.2) is 21.7 Å². The molecule has 0 atom stereocenters. The highest BCUT2D eigenvalue weighted by Gasteiger charge is 2.12. The van der Waals surface area contributed by atoms with E-state index in [4.69, 9.17) is 10.5 Å². The zero-order chi connectivity index (χ0) is 15.8. The van der Waals surface area contributed by atoms with E-state index in [1.165, 1.54) is 0 Å². The van der Waals surface area contributed by atoms with Gasteiger partial charge in [0.15, 0.2) is 11.5 Å². The molecule has 3 aromatic heterocycles. The maximum atomic E-state index is 6.16. The van der Waals surface area contributed by atoms with Gasteiger partial charge in [0.1, 0.15) is 11.6 Å². The summed E-state index contributed by atoms with van der Waals surface area (Å²) < 4.78 is 6.88. The predicted octanol–water partition coefficient (Wildman–Crippen LogP) is 3.72. The Bertz CT molecular complexity index is 975. The largest absolute Gasteiger partial charge is 0.496 e. The van der Waals surface area contributed by atoms with E-state index in [0.717, 1.165) is 27.4 Å². The Labute approximate surface area is 137 Å². The molecule has 0 fully saturated rings. The van der Waals surface area contributed by atoms with Crippen molar-refractivity contribution in [2.75, 3.05) is 12.8 Å². The predicted molar refractivity (Wildman–Crippen MR) is 92.7 cm³/mol. The summed E-state index contributed by atoms with van der Waals surface area (Å²) in [5, 5.41) is 6.43. The molecular weight excluding hydrogens is 308 g/mol. The third-order valence-electron chi connectivity index (χ3n) is 3.60. The van der Waals surface area contributed by atoms with Crippen LogP contribution in [0.2, 0.25) is 0 Å². The Morgan fingerprint density at radius 3 is 2.65 bits per heavy atom. The van der Waals surface area contributed by atoms with Crippen molar-refractivity contribution >= 4 is 22.8 Å². The molecule has 23 heavy (non-hydrogen) atoms. The molecule has 0 saturated carbocycles. The van der Waals surface area contributed by atoms with E-state index in [0.29, 0.717) is 11.6 Å². The standard InChI is InChI=1S/C17H14N4OS/c1-22-13-9-14(23-10-13)17-19-16-8-12(7-15(18)21(16)20-17)11-5-3-2-4-6-11/h2-10H,18H2,1H3. The second kappa shape index (κ2) is 5.40. The van der Waals surface area contributed by atoms with Crippen LogP contribution in [0, 0.1) is 0 Å². The molecule has 0 aliphatic heterocycles. The number of benzene rings is 1. The summed E-state index contributed by atoms with van der Waals surface area (Å²) in [4.78, 5) is 5.55. The number of nitrogens with two attached hydrogens (primary N) is 1. The second-order valence-electron chi connectivity index (χ2n) is 5.09. The Balaban J connectivity index is 1.84. The normalized spacial score (nSPS) is 11.0. The van der Waals surface area contributed by atoms with Crippen LogP contribution in [0.5, 0.6) is 5.75 Å². The van der Waals surface area contributed by atoms with Crippen LogP contribution < -0.4 is 10.5 Å². The average molecular weight is 322 g/mol. The van der Waals surface area contributed by atoms with Crippen molar-refractivity contribution in [1.29, 1.82) is 0 Å². The average Bonchev–Trinajstić information content (AvgIpc) is 3.22. The fourth-order valence-electron chi connectivity index (χ4n) is 2.45. The molecule has 4 rings (SSSR count). The molecule has 3 heterocycles. The van der Waals surface area contributed by atoms with Crippen LogP contribution in [0.3, 0.4) is 0 Å². The lowest BCUT2D eigenvalue weighted by Crippen LogP contribution is -1.98. The highest BCUT2D eigenvalue weighted by atomic mass is 32.1. The first-order valence-corrected chi connectivity index (χ1v) is 7.97. The molecule has 0 unspecified atom stereocenters. The van der Waals surface area contributed by atoms with Gasteiger partial charge in [0, 0.05) is 11.4 Å². The van der Waals surface area contributed by atoms with Crippen molar-refractivity contribution in [3.63, 3.8) is 0 Å². The number of methoxy groups -OCH3 is 1. The zero-order valence-corrected chi connectivity index (χ0v) is 13.2. The first-order valence-electron chi connectivity index (χ1n) is 7.09. The zero-order valence-electron chi connectivity index (χ0n) is 12.4. The number of fused-ring (bicyclic) bond motifs is 1. The SMILES string of the molecule is COc1csc(-c2nc3cc(-c4ccccc4)cc(N)n3n2)c1. The lowest BCUT2D eigenvalue weighted by Gasteiger charge is -2.04. The minimum atomic E-state index is 0.559. The minimum Gasteiger partial charge on any atom is -0.496 e. The summed E-state index contributed by atoms with van der Waals surface area (Å²) in [5.41, 5.74) is 9.01. The summed E-state index contributed by atoms with van der Waals surface area (Å²) >= 11 is 1.54. The van der Waals surface area contributed by atoms with E-state index in [1.54, 1.807) is 23.0 Å². The smallest absolute Gasteiger partial charge is 0.192 e. The number of hydrogen-bond acceptors (Lipinski definition) is 5. The number of pyridine rings is 1. The second-order valence-corrected chi connectivity index (χ2v) is 6.00. The van der Waals surface area contributed by atoms with Crippen LogP contribution in [0.1, 0.15) is 0 Å². The Kier molecular flexibility index (Phi) is 3.24. The van der Waals surface area contributed by atoms with Gasteiger partial charge in [-0.3, -0.25) is 0 Å². The summed E-state index contributed by atoms with van der Waals surface area (Å²) in [6.07, 6.45) is 0. The van der Waals surface area contributed by atoms with Crippen molar-refractivity contribution < 1.29 is 4.74 Å². The highest BCUT2D eigenvalue weighted by molar-refractivity contribution is 7.13. The Morgan fingerprint density at radius 1 is 1.09 bits per heavy atom. The van der Waals surface area contributed by atoms with Gasteiger partial charge in [-0.25, -0.2) is 4.98 Å². The molecule has 0 amide bonds. The summed E-state index contributed by atoms with van der Waals surface area (Å²) in [5.74, 6) is 2.01. The molecule has 1 aromatic carbocycles. The number of hydrogen-bond donors (Lipinski definition) is 1. The fourth-order valence-corrected chi connectivity index (χ4v) is 3.24. The number of thiophene rings is 1. The summed E-state index contributed by atoms with van der Waals surface area (Å²) in [6, 6.07) is 15.9. The van der Waals surface area contributed by atoms with Gasteiger partial charge < -0.3 is 10.5 Å². The van der Waals surface area contributed by atoms with Gasteiger partial charge in [-0.05, 0) is 23.3 Å². The third-order valence-corrected chi connectivity index (χ3v) is 4.51. The van der Waals surface area contributed by atoms with E-state index < -0.39 is 0 Å². The summed E-state index contributed by atoms with van der Waals surface area (Å²) in [7, 11) is 1.65. The monoisotopic (exact) mass is 322 g/mol. The van der Waals surface area contributed by atoms with Crippen LogP contribution >= 0.6 is 11.3 Å². The van der Waals surface area contributed by atoms with Gasteiger partial charge >= 0.3 is 0 Å². The molecule has 6 heteroatoms. The Morgan fingerprint density at radius 2 is 1.91 bits per heavy atom. The van der Waals surface area contributed by atoms with Gasteiger partial charge in [-0.1, -0.05) is 30.3 Å². The minimum absolute atomic E-state index is 0.559. The number of nitrogen functional groups attached to an aromatic ring is 1. The number of rotatable bonds is 3. The first kappa shape index (κ1) is 13.8. The molecule has 0 saturated heterocycles. The number of nitrogens with zero attached hydrogens (tertiary/aromatic N) is 3. The maximum absolute atomic E-state index is 6.16.